The summed E-state index contributed by atoms with van der Waals surface area (Å²) in [7, 11) is 0. The van der Waals surface area contributed by atoms with Crippen molar-refractivity contribution in [2.45, 2.75) is 71.1 Å². The van der Waals surface area contributed by atoms with E-state index in [1.54, 1.807) is 26.9 Å². The molecule has 3 fully saturated rings. The number of aryl methyl sites for hydroxylation is 2. The zero-order valence-electron chi connectivity index (χ0n) is 24.7. The molecule has 8 nitrogen and oxygen atoms in total. The zero-order valence-corrected chi connectivity index (χ0v) is 24.7. The Morgan fingerprint density at radius 1 is 1.20 bits per heavy atom. The first kappa shape index (κ1) is 30.0. The molecule has 218 valence electrons. The lowest BCUT2D eigenvalue weighted by Crippen LogP contribution is -2.57. The summed E-state index contributed by atoms with van der Waals surface area (Å²) >= 11 is 0. The number of hydrogen-bond donors (Lipinski definition) is 1. The first-order chi connectivity index (χ1) is 19.0. The maximum absolute atomic E-state index is 14.7. The number of rotatable bonds is 12. The first-order valence-electron chi connectivity index (χ1n) is 14.5. The van der Waals surface area contributed by atoms with Crippen LogP contribution in [0.3, 0.4) is 0 Å². The monoisotopic (exact) mass is 551 g/mol. The standard InChI is InChI=1S/C32H45N3O5/c1-8-14-33(15-9-2)28(37)25-26-29(38)35(17-11-18-36)27(32(26)20-23(6)31(25,7)40-32)30(39)34(16-10-3)24-19-21(4)12-13-22(24)5/h8,10,12-13,19,23,25-27,36H,1,3,9,11,14-18,20H2,2,4-7H3/t23?,25-,26+,27?,31+,32?/m1/s1. The van der Waals surface area contributed by atoms with Gasteiger partial charge >= 0.3 is 0 Å². The summed E-state index contributed by atoms with van der Waals surface area (Å²) in [5.74, 6) is -2.14. The predicted molar refractivity (Wildman–Crippen MR) is 156 cm³/mol. The molecule has 3 unspecified atom stereocenters. The molecule has 3 heterocycles. The molecule has 4 rings (SSSR count). The molecule has 1 spiro atoms. The molecule has 1 aromatic carbocycles. The summed E-state index contributed by atoms with van der Waals surface area (Å²) in [6.07, 6.45) is 4.99. The van der Waals surface area contributed by atoms with Crippen LogP contribution in [0.2, 0.25) is 0 Å². The van der Waals surface area contributed by atoms with Gasteiger partial charge in [0.15, 0.2) is 0 Å². The number of anilines is 1. The van der Waals surface area contributed by atoms with Crippen LogP contribution in [0.5, 0.6) is 0 Å². The molecule has 0 aromatic heterocycles. The Balaban J connectivity index is 1.85. The molecule has 6 atom stereocenters. The highest BCUT2D eigenvalue weighted by Gasteiger charge is 2.80. The van der Waals surface area contributed by atoms with Gasteiger partial charge < -0.3 is 24.5 Å². The summed E-state index contributed by atoms with van der Waals surface area (Å²) < 4.78 is 6.88. The lowest BCUT2D eigenvalue weighted by molar-refractivity contribution is -0.151. The van der Waals surface area contributed by atoms with E-state index in [1.807, 2.05) is 45.9 Å². The predicted octanol–water partition coefficient (Wildman–Crippen LogP) is 3.64. The summed E-state index contributed by atoms with van der Waals surface area (Å²) in [6.45, 7) is 19.0. The van der Waals surface area contributed by atoms with Crippen LogP contribution in [0.1, 0.15) is 51.2 Å². The smallest absolute Gasteiger partial charge is 0.253 e. The Morgan fingerprint density at radius 3 is 2.52 bits per heavy atom. The Hall–Kier alpha value is -2.97. The van der Waals surface area contributed by atoms with E-state index in [1.165, 1.54) is 0 Å². The second-order valence-corrected chi connectivity index (χ2v) is 11.9. The number of benzene rings is 1. The minimum atomic E-state index is -1.14. The second-order valence-electron chi connectivity index (χ2n) is 11.9. The van der Waals surface area contributed by atoms with Gasteiger partial charge in [0.25, 0.3) is 5.91 Å². The number of ether oxygens (including phenoxy) is 1. The third-order valence-electron chi connectivity index (χ3n) is 9.26. The van der Waals surface area contributed by atoms with Crippen LogP contribution >= 0.6 is 0 Å². The molecule has 2 bridgehead atoms. The summed E-state index contributed by atoms with van der Waals surface area (Å²) in [5.41, 5.74) is 0.696. The molecule has 3 saturated heterocycles. The van der Waals surface area contributed by atoms with Gasteiger partial charge in [0.2, 0.25) is 11.8 Å². The van der Waals surface area contributed by atoms with Crippen molar-refractivity contribution in [3.63, 3.8) is 0 Å². The van der Waals surface area contributed by atoms with Crippen molar-refractivity contribution in [1.29, 1.82) is 0 Å². The SMILES string of the molecule is C=CCN(CCC)C(=O)[C@H]1[C@H]2C(=O)N(CCCO)C(C(=O)N(CC=C)c3cc(C)ccc3C)C23CC(C)[C@]1(C)O3. The molecule has 3 amide bonds. The van der Waals surface area contributed by atoms with Crippen LogP contribution in [0, 0.1) is 31.6 Å². The number of fused-ring (bicyclic) bond motifs is 1. The van der Waals surface area contributed by atoms with E-state index < -0.39 is 29.1 Å². The fourth-order valence-electron chi connectivity index (χ4n) is 7.38. The van der Waals surface area contributed by atoms with Crippen molar-refractivity contribution in [3.8, 4) is 0 Å². The highest BCUT2D eigenvalue weighted by molar-refractivity contribution is 6.05. The molecule has 1 aromatic rings. The Kier molecular flexibility index (Phi) is 8.62. The van der Waals surface area contributed by atoms with E-state index in [4.69, 9.17) is 4.74 Å². The molecule has 8 heteroatoms. The normalized spacial score (nSPS) is 30.4. The molecule has 0 aliphatic carbocycles. The molecular weight excluding hydrogens is 506 g/mol. The molecule has 40 heavy (non-hydrogen) atoms. The van der Waals surface area contributed by atoms with Gasteiger partial charge in [-0.2, -0.15) is 0 Å². The lowest BCUT2D eigenvalue weighted by atomic mass is 9.62. The number of carbonyl (C=O) groups is 3. The fraction of sp³-hybridized carbons (Fsp3) is 0.594. The van der Waals surface area contributed by atoms with Crippen molar-refractivity contribution in [1.82, 2.24) is 9.80 Å². The van der Waals surface area contributed by atoms with Crippen molar-refractivity contribution >= 4 is 23.4 Å². The Bertz CT molecular complexity index is 1180. The number of carbonyl (C=O) groups excluding carboxylic acids is 3. The molecule has 3 aliphatic heterocycles. The van der Waals surface area contributed by atoms with Crippen LogP contribution in [0.15, 0.2) is 43.5 Å². The topological polar surface area (TPSA) is 90.4 Å². The van der Waals surface area contributed by atoms with Crippen LogP contribution < -0.4 is 4.90 Å². The molecule has 0 saturated carbocycles. The molecule has 1 N–H and O–H groups in total. The van der Waals surface area contributed by atoms with Gasteiger partial charge in [-0.05, 0) is 63.1 Å². The van der Waals surface area contributed by atoms with Gasteiger partial charge in [-0.3, -0.25) is 14.4 Å². The summed E-state index contributed by atoms with van der Waals surface area (Å²) in [4.78, 5) is 48.2. The van der Waals surface area contributed by atoms with Crippen molar-refractivity contribution < 1.29 is 24.2 Å². The van der Waals surface area contributed by atoms with Gasteiger partial charge in [0, 0.05) is 38.5 Å². The molecule has 3 aliphatic rings. The van der Waals surface area contributed by atoms with E-state index in [0.29, 0.717) is 25.9 Å². The maximum atomic E-state index is 14.7. The maximum Gasteiger partial charge on any atom is 0.253 e. The van der Waals surface area contributed by atoms with Gasteiger partial charge in [0.1, 0.15) is 11.6 Å². The van der Waals surface area contributed by atoms with Crippen molar-refractivity contribution in [2.24, 2.45) is 17.8 Å². The largest absolute Gasteiger partial charge is 0.396 e. The Labute approximate surface area is 238 Å². The van der Waals surface area contributed by atoms with Crippen LogP contribution in [0.4, 0.5) is 5.69 Å². The minimum absolute atomic E-state index is 0.0423. The van der Waals surface area contributed by atoms with E-state index in [0.717, 1.165) is 23.2 Å². The van der Waals surface area contributed by atoms with Gasteiger partial charge in [-0.15, -0.1) is 13.2 Å². The average Bonchev–Trinajstić information content (AvgIpc) is 3.43. The first-order valence-corrected chi connectivity index (χ1v) is 14.5. The lowest BCUT2D eigenvalue weighted by Gasteiger charge is -2.39. The van der Waals surface area contributed by atoms with Crippen molar-refractivity contribution in [2.75, 3.05) is 37.7 Å². The molecule has 0 radical (unpaired) electrons. The van der Waals surface area contributed by atoms with Crippen LogP contribution in [0.25, 0.3) is 0 Å². The number of likely N-dealkylation sites (tertiary alicyclic amines) is 1. The fourth-order valence-corrected chi connectivity index (χ4v) is 7.38. The number of aliphatic hydroxyl groups is 1. The Morgan fingerprint density at radius 2 is 1.90 bits per heavy atom. The van der Waals surface area contributed by atoms with Gasteiger partial charge in [0.05, 0.1) is 17.4 Å². The second kappa shape index (κ2) is 11.5. The minimum Gasteiger partial charge on any atom is -0.396 e. The number of nitrogens with zero attached hydrogens (tertiary/aromatic N) is 3. The summed E-state index contributed by atoms with van der Waals surface area (Å²) in [5, 5.41) is 9.67. The number of aliphatic hydroxyl groups excluding tert-OH is 1. The van der Waals surface area contributed by atoms with E-state index in [-0.39, 0.29) is 43.3 Å². The van der Waals surface area contributed by atoms with Gasteiger partial charge in [-0.25, -0.2) is 0 Å². The summed E-state index contributed by atoms with van der Waals surface area (Å²) in [6, 6.07) is 5.04. The average molecular weight is 552 g/mol. The quantitative estimate of drug-likeness (QED) is 0.401. The highest BCUT2D eigenvalue weighted by atomic mass is 16.5. The van der Waals surface area contributed by atoms with E-state index in [9.17, 15) is 19.5 Å². The molecular formula is C32H45N3O5. The van der Waals surface area contributed by atoms with Gasteiger partial charge in [-0.1, -0.05) is 38.1 Å². The number of hydrogen-bond acceptors (Lipinski definition) is 5. The van der Waals surface area contributed by atoms with Crippen molar-refractivity contribution in [3.05, 3.63) is 54.6 Å². The van der Waals surface area contributed by atoms with Crippen LogP contribution in [-0.4, -0.2) is 82.7 Å². The van der Waals surface area contributed by atoms with E-state index >= 15 is 0 Å². The highest BCUT2D eigenvalue weighted by Crippen LogP contribution is 2.65. The van der Waals surface area contributed by atoms with E-state index in [2.05, 4.69) is 20.1 Å². The number of amides is 3. The third kappa shape index (κ3) is 4.59. The van der Waals surface area contributed by atoms with Crippen LogP contribution in [-0.2, 0) is 19.1 Å². The third-order valence-corrected chi connectivity index (χ3v) is 9.26. The zero-order chi connectivity index (χ0) is 29.4.